The maximum Gasteiger partial charge on any atom is 0.325 e. The lowest BCUT2D eigenvalue weighted by Gasteiger charge is -2.18. The monoisotopic (exact) mass is 310 g/mol. The van der Waals surface area contributed by atoms with E-state index in [1.54, 1.807) is 11.8 Å². The fourth-order valence-corrected chi connectivity index (χ4v) is 3.74. The van der Waals surface area contributed by atoms with Gasteiger partial charge in [0.2, 0.25) is 5.89 Å². The van der Waals surface area contributed by atoms with E-state index in [4.69, 9.17) is 4.52 Å². The minimum Gasteiger partial charge on any atom is -0.337 e. The average molecular weight is 310 g/mol. The van der Waals surface area contributed by atoms with Gasteiger partial charge < -0.3 is 9.84 Å². The smallest absolute Gasteiger partial charge is 0.325 e. The molecule has 1 spiro atoms. The summed E-state index contributed by atoms with van der Waals surface area (Å²) in [4.78, 5) is 30.0. The van der Waals surface area contributed by atoms with Crippen molar-refractivity contribution in [3.8, 4) is 0 Å². The number of urea groups is 1. The molecule has 0 bridgehead atoms. The van der Waals surface area contributed by atoms with Crippen LogP contribution in [0.4, 0.5) is 4.79 Å². The van der Waals surface area contributed by atoms with Crippen LogP contribution in [0.5, 0.6) is 0 Å². The predicted molar refractivity (Wildman–Crippen MR) is 76.8 cm³/mol. The molecule has 2 aliphatic rings. The van der Waals surface area contributed by atoms with Crippen molar-refractivity contribution in [1.29, 1.82) is 0 Å². The number of imide groups is 1. The highest BCUT2D eigenvalue weighted by Gasteiger charge is 2.53. The molecule has 3 heterocycles. The average Bonchev–Trinajstić information content (AvgIpc) is 3.07. The first-order valence-electron chi connectivity index (χ1n) is 6.87. The normalized spacial score (nSPS) is 26.0. The highest BCUT2D eigenvalue weighted by atomic mass is 32.2. The Morgan fingerprint density at radius 2 is 2.19 bits per heavy atom. The number of nitrogens with one attached hydrogen (secondary N) is 1. The number of carbonyl (C=O) groups is 2. The van der Waals surface area contributed by atoms with Crippen LogP contribution in [0.1, 0.15) is 38.9 Å². The van der Waals surface area contributed by atoms with Crippen molar-refractivity contribution < 1.29 is 14.1 Å². The Morgan fingerprint density at radius 3 is 2.76 bits per heavy atom. The third kappa shape index (κ3) is 2.41. The van der Waals surface area contributed by atoms with E-state index in [1.165, 1.54) is 4.90 Å². The van der Waals surface area contributed by atoms with Crippen molar-refractivity contribution in [1.82, 2.24) is 20.4 Å². The van der Waals surface area contributed by atoms with E-state index in [2.05, 4.69) is 15.5 Å². The summed E-state index contributed by atoms with van der Waals surface area (Å²) in [5.41, 5.74) is -0.961. The molecule has 2 fully saturated rings. The van der Waals surface area contributed by atoms with Crippen molar-refractivity contribution >= 4 is 23.7 Å². The summed E-state index contributed by atoms with van der Waals surface area (Å²) in [5.74, 6) is 2.18. The topological polar surface area (TPSA) is 88.3 Å². The standard InChI is InChI=1S/C13H18N4O3S/c1-12(2,3)9-14-8(20-16-9)6-17-10(18)13(15-11(17)19)4-5-21-7-13/h4-7H2,1-3H3,(H,15,19)/t13-/m0/s1. The molecule has 8 heteroatoms. The van der Waals surface area contributed by atoms with Gasteiger partial charge in [-0.25, -0.2) is 4.79 Å². The molecule has 7 nitrogen and oxygen atoms in total. The molecular formula is C13H18N4O3S. The molecule has 0 unspecified atom stereocenters. The quantitative estimate of drug-likeness (QED) is 0.828. The first-order chi connectivity index (χ1) is 9.82. The predicted octanol–water partition coefficient (Wildman–Crippen LogP) is 1.29. The van der Waals surface area contributed by atoms with E-state index >= 15 is 0 Å². The van der Waals surface area contributed by atoms with Crippen molar-refractivity contribution in [3.63, 3.8) is 0 Å². The molecular weight excluding hydrogens is 292 g/mol. The summed E-state index contributed by atoms with van der Waals surface area (Å²) in [6.45, 7) is 5.94. The number of nitrogens with zero attached hydrogens (tertiary/aromatic N) is 3. The summed E-state index contributed by atoms with van der Waals surface area (Å²) in [6, 6.07) is -0.377. The van der Waals surface area contributed by atoms with Gasteiger partial charge in [-0.15, -0.1) is 0 Å². The van der Waals surface area contributed by atoms with Crippen LogP contribution < -0.4 is 5.32 Å². The van der Waals surface area contributed by atoms with Gasteiger partial charge in [-0.1, -0.05) is 25.9 Å². The molecule has 1 aromatic heterocycles. The van der Waals surface area contributed by atoms with Gasteiger partial charge in [-0.05, 0) is 12.2 Å². The first kappa shape index (κ1) is 14.4. The molecule has 1 N–H and O–H groups in total. The second-order valence-electron chi connectivity index (χ2n) is 6.47. The van der Waals surface area contributed by atoms with E-state index in [1.807, 2.05) is 20.8 Å². The molecule has 3 amide bonds. The fraction of sp³-hybridized carbons (Fsp3) is 0.692. The number of amides is 3. The lowest BCUT2D eigenvalue weighted by atomic mass is 9.96. The molecule has 2 saturated heterocycles. The highest BCUT2D eigenvalue weighted by molar-refractivity contribution is 7.99. The molecule has 1 aromatic rings. The molecule has 3 rings (SSSR count). The van der Waals surface area contributed by atoms with Crippen LogP contribution in [-0.4, -0.2) is 44.0 Å². The van der Waals surface area contributed by atoms with E-state index < -0.39 is 5.54 Å². The van der Waals surface area contributed by atoms with Crippen LogP contribution >= 0.6 is 11.8 Å². The molecule has 21 heavy (non-hydrogen) atoms. The molecule has 0 radical (unpaired) electrons. The largest absolute Gasteiger partial charge is 0.337 e. The number of thioether (sulfide) groups is 1. The van der Waals surface area contributed by atoms with E-state index in [-0.39, 0.29) is 29.8 Å². The maximum atomic E-state index is 12.5. The Hall–Kier alpha value is -1.57. The van der Waals surface area contributed by atoms with Crippen molar-refractivity contribution in [2.45, 2.75) is 44.7 Å². The molecule has 2 aliphatic heterocycles. The Bertz CT molecular complexity index is 586. The van der Waals surface area contributed by atoms with Gasteiger partial charge in [0.25, 0.3) is 5.91 Å². The Morgan fingerprint density at radius 1 is 1.43 bits per heavy atom. The fourth-order valence-electron chi connectivity index (χ4n) is 2.41. The lowest BCUT2D eigenvalue weighted by Crippen LogP contribution is -2.46. The van der Waals surface area contributed by atoms with Gasteiger partial charge in [0.15, 0.2) is 5.82 Å². The number of hydrogen-bond donors (Lipinski definition) is 1. The number of carbonyl (C=O) groups excluding carboxylic acids is 2. The summed E-state index contributed by atoms with van der Waals surface area (Å²) >= 11 is 1.68. The number of aromatic nitrogens is 2. The van der Waals surface area contributed by atoms with E-state index in [0.29, 0.717) is 18.0 Å². The van der Waals surface area contributed by atoms with E-state index in [0.717, 1.165) is 5.75 Å². The zero-order chi connectivity index (χ0) is 15.3. The van der Waals surface area contributed by atoms with Gasteiger partial charge in [0, 0.05) is 11.2 Å². The van der Waals surface area contributed by atoms with Crippen molar-refractivity contribution in [2.24, 2.45) is 0 Å². The molecule has 0 aliphatic carbocycles. The third-order valence-corrected chi connectivity index (χ3v) is 4.89. The zero-order valence-corrected chi connectivity index (χ0v) is 13.1. The van der Waals surface area contributed by atoms with Gasteiger partial charge >= 0.3 is 6.03 Å². The van der Waals surface area contributed by atoms with Crippen LogP contribution in [0.2, 0.25) is 0 Å². The highest BCUT2D eigenvalue weighted by Crippen LogP contribution is 2.34. The Labute approximate surface area is 126 Å². The summed E-state index contributed by atoms with van der Waals surface area (Å²) in [7, 11) is 0. The second-order valence-corrected chi connectivity index (χ2v) is 7.57. The summed E-state index contributed by atoms with van der Waals surface area (Å²) in [5, 5.41) is 6.72. The minimum atomic E-state index is -0.728. The molecule has 0 aromatic carbocycles. The minimum absolute atomic E-state index is 0.0279. The Kier molecular flexibility index (Phi) is 3.23. The first-order valence-corrected chi connectivity index (χ1v) is 8.02. The zero-order valence-electron chi connectivity index (χ0n) is 12.3. The van der Waals surface area contributed by atoms with Crippen molar-refractivity contribution in [3.05, 3.63) is 11.7 Å². The summed E-state index contributed by atoms with van der Waals surface area (Å²) in [6.07, 6.45) is 0.676. The van der Waals surface area contributed by atoms with Crippen LogP contribution in [0.15, 0.2) is 4.52 Å². The Balaban J connectivity index is 1.77. The molecule has 0 saturated carbocycles. The molecule has 1 atom stereocenters. The van der Waals surface area contributed by atoms with Crippen LogP contribution in [-0.2, 0) is 16.8 Å². The SMILES string of the molecule is CC(C)(C)c1noc(CN2C(=O)N[C@]3(CCSC3)C2=O)n1. The summed E-state index contributed by atoms with van der Waals surface area (Å²) < 4.78 is 5.16. The van der Waals surface area contributed by atoms with E-state index in [9.17, 15) is 9.59 Å². The van der Waals surface area contributed by atoms with Gasteiger partial charge in [-0.3, -0.25) is 9.69 Å². The number of rotatable bonds is 2. The molecule has 114 valence electrons. The van der Waals surface area contributed by atoms with Crippen LogP contribution in [0, 0.1) is 0 Å². The second kappa shape index (κ2) is 4.72. The van der Waals surface area contributed by atoms with Gasteiger partial charge in [0.05, 0.1) is 0 Å². The van der Waals surface area contributed by atoms with Gasteiger partial charge in [-0.2, -0.15) is 16.7 Å². The van der Waals surface area contributed by atoms with Crippen LogP contribution in [0.25, 0.3) is 0 Å². The van der Waals surface area contributed by atoms with Crippen LogP contribution in [0.3, 0.4) is 0 Å². The third-order valence-electron chi connectivity index (χ3n) is 3.70. The lowest BCUT2D eigenvalue weighted by molar-refractivity contribution is -0.131. The van der Waals surface area contributed by atoms with Gasteiger partial charge in [0.1, 0.15) is 12.1 Å². The number of hydrogen-bond acceptors (Lipinski definition) is 6. The van der Waals surface area contributed by atoms with Crippen molar-refractivity contribution in [2.75, 3.05) is 11.5 Å². The maximum absolute atomic E-state index is 12.5.